The summed E-state index contributed by atoms with van der Waals surface area (Å²) in [6.45, 7) is 11.4. The predicted octanol–water partition coefficient (Wildman–Crippen LogP) is 4.09. The average molecular weight is 276 g/mol. The van der Waals surface area contributed by atoms with Crippen LogP contribution in [-0.4, -0.2) is 21.0 Å². The summed E-state index contributed by atoms with van der Waals surface area (Å²) >= 11 is 0. The molecule has 0 aliphatic heterocycles. The molecule has 0 spiro atoms. The van der Waals surface area contributed by atoms with E-state index in [1.165, 1.54) is 0 Å². The molecule has 0 saturated heterocycles. The van der Waals surface area contributed by atoms with Gasteiger partial charge in [0.1, 0.15) is 18.5 Å². The first-order chi connectivity index (χ1) is 8.76. The highest BCUT2D eigenvalue weighted by molar-refractivity contribution is 6.74. The molecule has 1 aromatic rings. The van der Waals surface area contributed by atoms with E-state index < -0.39 is 8.32 Å². The fraction of sp³-hybridized carbons (Fsp3) is 0.500. The first kappa shape index (κ1) is 15.8. The molecular formula is C16H24O2Si. The fourth-order valence-corrected chi connectivity index (χ4v) is 2.54. The quantitative estimate of drug-likeness (QED) is 0.596. The molecule has 0 saturated carbocycles. The average Bonchev–Trinajstić information content (AvgIpc) is 2.34. The Balaban J connectivity index is 2.59. The zero-order valence-corrected chi connectivity index (χ0v) is 13.6. The molecule has 19 heavy (non-hydrogen) atoms. The lowest BCUT2D eigenvalue weighted by Crippen LogP contribution is -2.45. The van der Waals surface area contributed by atoms with Crippen LogP contribution < -0.4 is 4.74 Å². The molecule has 0 aromatic heterocycles. The van der Waals surface area contributed by atoms with Gasteiger partial charge in [-0.25, -0.2) is 0 Å². The Morgan fingerprint density at radius 1 is 1.21 bits per heavy atom. The van der Waals surface area contributed by atoms with Crippen molar-refractivity contribution < 1.29 is 9.16 Å². The maximum absolute atomic E-state index is 6.15. The summed E-state index contributed by atoms with van der Waals surface area (Å²) in [5, 5.41) is 0.148. The van der Waals surface area contributed by atoms with Crippen molar-refractivity contribution in [3.8, 4) is 18.1 Å². The minimum absolute atomic E-state index is 0.148. The third kappa shape index (κ3) is 4.74. The molecule has 0 radical (unpaired) electrons. The van der Waals surface area contributed by atoms with Crippen molar-refractivity contribution >= 4 is 8.32 Å². The second kappa shape index (κ2) is 6.27. The summed E-state index contributed by atoms with van der Waals surface area (Å²) in [6, 6.07) is 9.67. The highest BCUT2D eigenvalue weighted by Gasteiger charge is 2.39. The third-order valence-electron chi connectivity index (χ3n) is 3.57. The summed E-state index contributed by atoms with van der Waals surface area (Å²) in [6.07, 6.45) is 5.26. The Kier molecular flexibility index (Phi) is 5.22. The van der Waals surface area contributed by atoms with Crippen LogP contribution >= 0.6 is 0 Å². The topological polar surface area (TPSA) is 18.5 Å². The molecule has 104 valence electrons. The normalized spacial score (nSPS) is 13.7. The van der Waals surface area contributed by atoms with Crippen LogP contribution in [0.2, 0.25) is 18.1 Å². The molecule has 1 atom stereocenters. The van der Waals surface area contributed by atoms with Gasteiger partial charge in [0, 0.05) is 0 Å². The van der Waals surface area contributed by atoms with Crippen molar-refractivity contribution in [3.05, 3.63) is 30.3 Å². The smallest absolute Gasteiger partial charge is 0.193 e. The van der Waals surface area contributed by atoms with Crippen molar-refractivity contribution in [2.24, 2.45) is 0 Å². The molecule has 3 heteroatoms. The van der Waals surface area contributed by atoms with Gasteiger partial charge in [-0.15, -0.1) is 6.42 Å². The Hall–Kier alpha value is -1.24. The van der Waals surface area contributed by atoms with E-state index in [1.807, 2.05) is 30.3 Å². The Morgan fingerprint density at radius 2 is 1.79 bits per heavy atom. The number of benzene rings is 1. The highest BCUT2D eigenvalue weighted by Crippen LogP contribution is 2.37. The largest absolute Gasteiger partial charge is 0.490 e. The zero-order valence-electron chi connectivity index (χ0n) is 12.6. The minimum atomic E-state index is -1.85. The summed E-state index contributed by atoms with van der Waals surface area (Å²) in [5.41, 5.74) is 0. The van der Waals surface area contributed by atoms with Gasteiger partial charge in [0.05, 0.1) is 0 Å². The molecule has 1 rings (SSSR count). The highest BCUT2D eigenvalue weighted by atomic mass is 28.4. The van der Waals surface area contributed by atoms with E-state index in [4.69, 9.17) is 15.6 Å². The van der Waals surface area contributed by atoms with Crippen LogP contribution in [0, 0.1) is 12.3 Å². The second-order valence-corrected chi connectivity index (χ2v) is 10.9. The van der Waals surface area contributed by atoms with Crippen LogP contribution in [-0.2, 0) is 4.43 Å². The van der Waals surface area contributed by atoms with Crippen LogP contribution in [0.4, 0.5) is 0 Å². The van der Waals surface area contributed by atoms with Crippen LogP contribution in [0.25, 0.3) is 0 Å². The van der Waals surface area contributed by atoms with Gasteiger partial charge in [-0.05, 0) is 30.3 Å². The van der Waals surface area contributed by atoms with Crippen molar-refractivity contribution in [1.82, 2.24) is 0 Å². The van der Waals surface area contributed by atoms with Crippen LogP contribution in [0.15, 0.2) is 30.3 Å². The van der Waals surface area contributed by atoms with Gasteiger partial charge in [0.25, 0.3) is 0 Å². The number of hydrogen-bond donors (Lipinski definition) is 0. The first-order valence-electron chi connectivity index (χ1n) is 6.58. The molecule has 1 aromatic carbocycles. The molecule has 0 heterocycles. The molecule has 0 aliphatic carbocycles. The molecule has 0 N–H and O–H groups in total. The third-order valence-corrected chi connectivity index (χ3v) is 8.06. The molecule has 0 amide bonds. The van der Waals surface area contributed by atoms with E-state index in [1.54, 1.807) is 0 Å². The fourth-order valence-electron chi connectivity index (χ4n) is 1.34. The number of terminal acetylenes is 1. The number of hydrogen-bond acceptors (Lipinski definition) is 2. The van der Waals surface area contributed by atoms with Crippen LogP contribution in [0.3, 0.4) is 0 Å². The standard InChI is InChI=1S/C16H24O2Si/c1-7-14(18-19(5,6)16(2,3)4)13-17-15-11-9-8-10-12-15/h1,8-12,14H,13H2,2-6H3/t14-/m1/s1. The zero-order chi connectivity index (χ0) is 14.5. The van der Waals surface area contributed by atoms with Gasteiger partial charge < -0.3 is 9.16 Å². The Labute approximate surface area is 118 Å². The van der Waals surface area contributed by atoms with Gasteiger partial charge in [0.2, 0.25) is 0 Å². The van der Waals surface area contributed by atoms with Crippen LogP contribution in [0.1, 0.15) is 20.8 Å². The van der Waals surface area contributed by atoms with E-state index in [0.29, 0.717) is 6.61 Å². The molecule has 0 fully saturated rings. The van der Waals surface area contributed by atoms with Gasteiger partial charge in [0.15, 0.2) is 8.32 Å². The summed E-state index contributed by atoms with van der Waals surface area (Å²) in [7, 11) is -1.85. The van der Waals surface area contributed by atoms with E-state index in [9.17, 15) is 0 Å². The summed E-state index contributed by atoms with van der Waals surface area (Å²) in [5.74, 6) is 3.51. The molecule has 0 aliphatic rings. The Morgan fingerprint density at radius 3 is 2.26 bits per heavy atom. The van der Waals surface area contributed by atoms with Crippen molar-refractivity contribution in [3.63, 3.8) is 0 Å². The van der Waals surface area contributed by atoms with E-state index in [0.717, 1.165) is 5.75 Å². The molecule has 2 nitrogen and oxygen atoms in total. The maximum atomic E-state index is 6.15. The lowest BCUT2D eigenvalue weighted by atomic mass is 10.2. The van der Waals surface area contributed by atoms with Crippen molar-refractivity contribution in [1.29, 1.82) is 0 Å². The van der Waals surface area contributed by atoms with Crippen molar-refractivity contribution in [2.45, 2.75) is 45.0 Å². The molecular weight excluding hydrogens is 252 g/mol. The SMILES string of the molecule is C#C[C@H](COc1ccccc1)O[Si](C)(C)C(C)(C)C. The monoisotopic (exact) mass is 276 g/mol. The minimum Gasteiger partial charge on any atom is -0.490 e. The maximum Gasteiger partial charge on any atom is 0.193 e. The number of para-hydroxylation sites is 1. The Bertz CT molecular complexity index is 426. The van der Waals surface area contributed by atoms with Gasteiger partial charge in [-0.1, -0.05) is 44.9 Å². The van der Waals surface area contributed by atoms with Crippen molar-refractivity contribution in [2.75, 3.05) is 6.61 Å². The van der Waals surface area contributed by atoms with Gasteiger partial charge in [-0.3, -0.25) is 0 Å². The number of rotatable bonds is 5. The summed E-state index contributed by atoms with van der Waals surface area (Å²) < 4.78 is 11.8. The lowest BCUT2D eigenvalue weighted by Gasteiger charge is -2.37. The first-order valence-corrected chi connectivity index (χ1v) is 9.49. The lowest BCUT2D eigenvalue weighted by molar-refractivity contribution is 0.157. The van der Waals surface area contributed by atoms with E-state index in [2.05, 4.69) is 39.8 Å². The summed E-state index contributed by atoms with van der Waals surface area (Å²) in [4.78, 5) is 0. The molecule has 0 bridgehead atoms. The van der Waals surface area contributed by atoms with Gasteiger partial charge in [-0.2, -0.15) is 0 Å². The van der Waals surface area contributed by atoms with E-state index in [-0.39, 0.29) is 11.1 Å². The predicted molar refractivity (Wildman–Crippen MR) is 82.8 cm³/mol. The van der Waals surface area contributed by atoms with Crippen LogP contribution in [0.5, 0.6) is 5.75 Å². The van der Waals surface area contributed by atoms with E-state index >= 15 is 0 Å². The second-order valence-electron chi connectivity index (χ2n) is 6.16. The van der Waals surface area contributed by atoms with Gasteiger partial charge >= 0.3 is 0 Å². The molecule has 0 unspecified atom stereocenters. The number of ether oxygens (including phenoxy) is 1.